The van der Waals surface area contributed by atoms with Gasteiger partial charge in [0.15, 0.2) is 0 Å². The second-order valence-corrected chi connectivity index (χ2v) is 6.72. The van der Waals surface area contributed by atoms with Gasteiger partial charge in [-0.1, -0.05) is 90.9 Å². The van der Waals surface area contributed by atoms with Gasteiger partial charge in [0.1, 0.15) is 0 Å². The number of aliphatic hydroxyl groups excluding tert-OH is 1. The van der Waals surface area contributed by atoms with Crippen LogP contribution in [-0.4, -0.2) is 24.3 Å². The van der Waals surface area contributed by atoms with Crippen LogP contribution in [0.3, 0.4) is 0 Å². The lowest BCUT2D eigenvalue weighted by atomic mass is 10.0. The van der Waals surface area contributed by atoms with Gasteiger partial charge in [0.2, 0.25) is 0 Å². The highest BCUT2D eigenvalue weighted by Gasteiger charge is 2.18. The number of hydrogen-bond donors (Lipinski definition) is 1. The lowest BCUT2D eigenvalue weighted by Crippen LogP contribution is -2.21. The third kappa shape index (κ3) is 14.7. The van der Waals surface area contributed by atoms with Gasteiger partial charge in [0.05, 0.1) is 19.1 Å². The van der Waals surface area contributed by atoms with Crippen LogP contribution in [0.25, 0.3) is 0 Å². The van der Waals surface area contributed by atoms with Crippen LogP contribution in [0.4, 0.5) is 0 Å². The van der Waals surface area contributed by atoms with Gasteiger partial charge >= 0.3 is 5.97 Å². The summed E-state index contributed by atoms with van der Waals surface area (Å²) in [7, 11) is 0. The molecule has 0 bridgehead atoms. The van der Waals surface area contributed by atoms with Crippen LogP contribution in [0.5, 0.6) is 0 Å². The summed E-state index contributed by atoms with van der Waals surface area (Å²) in [5.41, 5.74) is 0. The zero-order valence-corrected chi connectivity index (χ0v) is 15.7. The van der Waals surface area contributed by atoms with Gasteiger partial charge in [-0.3, -0.25) is 4.79 Å². The number of carbonyl (C=O) groups is 1. The van der Waals surface area contributed by atoms with Crippen molar-refractivity contribution in [3.05, 3.63) is 0 Å². The Balaban J connectivity index is 3.50. The average molecular weight is 329 g/mol. The molecule has 3 nitrogen and oxygen atoms in total. The first kappa shape index (κ1) is 22.4. The first-order chi connectivity index (χ1) is 11.3. The van der Waals surface area contributed by atoms with Gasteiger partial charge in [0.25, 0.3) is 0 Å². The summed E-state index contributed by atoms with van der Waals surface area (Å²) in [6, 6.07) is 0. The molecule has 0 aliphatic heterocycles. The standard InChI is InChI=1S/C20H40O3/c1-3-5-7-9-10-11-13-15-17-23-20(22)19(18-21)16-14-12-8-6-4-2/h19,21H,3-18H2,1-2H3. The number of rotatable bonds is 17. The van der Waals surface area contributed by atoms with Crippen molar-refractivity contribution in [2.24, 2.45) is 5.92 Å². The zero-order valence-electron chi connectivity index (χ0n) is 15.7. The van der Waals surface area contributed by atoms with Gasteiger partial charge < -0.3 is 9.84 Å². The highest BCUT2D eigenvalue weighted by molar-refractivity contribution is 5.72. The fourth-order valence-electron chi connectivity index (χ4n) is 2.80. The number of ether oxygens (including phenoxy) is 1. The van der Waals surface area contributed by atoms with Crippen molar-refractivity contribution in [2.45, 2.75) is 104 Å². The summed E-state index contributed by atoms with van der Waals surface area (Å²) in [6.07, 6.45) is 16.6. The SMILES string of the molecule is CCCCCCCCCCOC(=O)C(CO)CCCCCCC. The molecule has 1 atom stereocenters. The van der Waals surface area contributed by atoms with Crippen LogP contribution in [0.1, 0.15) is 104 Å². The number of carbonyl (C=O) groups excluding carboxylic acids is 1. The van der Waals surface area contributed by atoms with Crippen molar-refractivity contribution in [3.8, 4) is 0 Å². The van der Waals surface area contributed by atoms with E-state index in [1.807, 2.05) is 0 Å². The molecule has 0 aromatic heterocycles. The minimum Gasteiger partial charge on any atom is -0.465 e. The maximum absolute atomic E-state index is 11.9. The maximum Gasteiger partial charge on any atom is 0.311 e. The second-order valence-electron chi connectivity index (χ2n) is 6.72. The van der Waals surface area contributed by atoms with Crippen molar-refractivity contribution >= 4 is 5.97 Å². The third-order valence-corrected chi connectivity index (χ3v) is 4.45. The fourth-order valence-corrected chi connectivity index (χ4v) is 2.80. The topological polar surface area (TPSA) is 46.5 Å². The molecule has 0 aromatic carbocycles. The second kappa shape index (κ2) is 17.8. The van der Waals surface area contributed by atoms with E-state index in [1.54, 1.807) is 0 Å². The van der Waals surface area contributed by atoms with Gasteiger partial charge in [-0.15, -0.1) is 0 Å². The highest BCUT2D eigenvalue weighted by Crippen LogP contribution is 2.14. The molecule has 0 saturated heterocycles. The van der Waals surface area contributed by atoms with Crippen molar-refractivity contribution in [1.29, 1.82) is 0 Å². The van der Waals surface area contributed by atoms with Crippen molar-refractivity contribution in [2.75, 3.05) is 13.2 Å². The number of esters is 1. The zero-order chi connectivity index (χ0) is 17.2. The van der Waals surface area contributed by atoms with Crippen molar-refractivity contribution in [3.63, 3.8) is 0 Å². The average Bonchev–Trinajstić information content (AvgIpc) is 2.56. The molecule has 0 aromatic rings. The predicted octanol–water partition coefficient (Wildman–Crippen LogP) is 5.64. The molecule has 1 unspecified atom stereocenters. The molecular weight excluding hydrogens is 288 g/mol. The van der Waals surface area contributed by atoms with E-state index in [0.717, 1.165) is 32.1 Å². The maximum atomic E-state index is 11.9. The molecule has 23 heavy (non-hydrogen) atoms. The Kier molecular flexibility index (Phi) is 17.3. The molecule has 0 fully saturated rings. The summed E-state index contributed by atoms with van der Waals surface area (Å²) < 4.78 is 5.32. The summed E-state index contributed by atoms with van der Waals surface area (Å²) in [5, 5.41) is 9.34. The molecule has 0 rings (SSSR count). The Hall–Kier alpha value is -0.570. The Bertz CT molecular complexity index is 253. The number of hydrogen-bond acceptors (Lipinski definition) is 3. The molecule has 138 valence electrons. The van der Waals surface area contributed by atoms with Crippen LogP contribution in [0.15, 0.2) is 0 Å². The Morgan fingerprint density at radius 1 is 0.783 bits per heavy atom. The third-order valence-electron chi connectivity index (χ3n) is 4.45. The minimum absolute atomic E-state index is 0.0793. The van der Waals surface area contributed by atoms with E-state index in [1.165, 1.54) is 57.8 Å². The Labute approximate surface area is 144 Å². The van der Waals surface area contributed by atoms with E-state index in [4.69, 9.17) is 4.74 Å². The van der Waals surface area contributed by atoms with Gasteiger partial charge in [-0.2, -0.15) is 0 Å². The molecule has 0 saturated carbocycles. The summed E-state index contributed by atoms with van der Waals surface area (Å²) in [4.78, 5) is 11.9. The van der Waals surface area contributed by atoms with E-state index < -0.39 is 0 Å². The molecule has 0 aliphatic carbocycles. The minimum atomic E-state index is -0.314. The molecular formula is C20H40O3. The molecule has 0 aliphatic rings. The van der Waals surface area contributed by atoms with Crippen LogP contribution in [-0.2, 0) is 9.53 Å². The summed E-state index contributed by atoms with van der Waals surface area (Å²) in [6.45, 7) is 4.86. The van der Waals surface area contributed by atoms with Gasteiger partial charge in [0, 0.05) is 0 Å². The Morgan fingerprint density at radius 3 is 1.78 bits per heavy atom. The highest BCUT2D eigenvalue weighted by atomic mass is 16.5. The summed E-state index contributed by atoms with van der Waals surface area (Å²) in [5.74, 6) is -0.517. The summed E-state index contributed by atoms with van der Waals surface area (Å²) >= 11 is 0. The van der Waals surface area contributed by atoms with Gasteiger partial charge in [-0.25, -0.2) is 0 Å². The molecule has 0 amide bonds. The molecule has 3 heteroatoms. The monoisotopic (exact) mass is 328 g/mol. The van der Waals surface area contributed by atoms with E-state index in [-0.39, 0.29) is 18.5 Å². The molecule has 0 spiro atoms. The van der Waals surface area contributed by atoms with Crippen LogP contribution in [0.2, 0.25) is 0 Å². The quantitative estimate of drug-likeness (QED) is 0.278. The predicted molar refractivity (Wildman–Crippen MR) is 97.5 cm³/mol. The lowest BCUT2D eigenvalue weighted by molar-refractivity contribution is -0.150. The first-order valence-electron chi connectivity index (χ1n) is 10.0. The first-order valence-corrected chi connectivity index (χ1v) is 10.0. The molecule has 1 N–H and O–H groups in total. The number of unbranched alkanes of at least 4 members (excludes halogenated alkanes) is 11. The van der Waals surface area contributed by atoms with Crippen LogP contribution in [0, 0.1) is 5.92 Å². The van der Waals surface area contributed by atoms with Crippen molar-refractivity contribution in [1.82, 2.24) is 0 Å². The van der Waals surface area contributed by atoms with E-state index >= 15 is 0 Å². The van der Waals surface area contributed by atoms with Gasteiger partial charge in [-0.05, 0) is 12.8 Å². The Morgan fingerprint density at radius 2 is 1.26 bits per heavy atom. The number of aliphatic hydroxyl groups is 1. The smallest absolute Gasteiger partial charge is 0.311 e. The molecule has 0 radical (unpaired) electrons. The normalized spacial score (nSPS) is 12.3. The van der Waals surface area contributed by atoms with Crippen LogP contribution < -0.4 is 0 Å². The van der Waals surface area contributed by atoms with E-state index in [9.17, 15) is 9.90 Å². The fraction of sp³-hybridized carbons (Fsp3) is 0.950. The molecule has 0 heterocycles. The van der Waals surface area contributed by atoms with Crippen molar-refractivity contribution < 1.29 is 14.6 Å². The van der Waals surface area contributed by atoms with E-state index in [0.29, 0.717) is 6.61 Å². The van der Waals surface area contributed by atoms with E-state index in [2.05, 4.69) is 13.8 Å². The largest absolute Gasteiger partial charge is 0.465 e. The van der Waals surface area contributed by atoms with Crippen LogP contribution >= 0.6 is 0 Å². The lowest BCUT2D eigenvalue weighted by Gasteiger charge is -2.13.